The summed E-state index contributed by atoms with van der Waals surface area (Å²) in [6, 6.07) is 2.39. The predicted octanol–water partition coefficient (Wildman–Crippen LogP) is 2.23. The Morgan fingerprint density at radius 1 is 1.69 bits per heavy atom. The van der Waals surface area contributed by atoms with Crippen LogP contribution >= 0.6 is 22.9 Å². The van der Waals surface area contributed by atoms with Gasteiger partial charge in [-0.15, -0.1) is 11.3 Å². The van der Waals surface area contributed by atoms with E-state index in [2.05, 4.69) is 12.2 Å². The van der Waals surface area contributed by atoms with Crippen molar-refractivity contribution in [2.45, 2.75) is 25.9 Å². The lowest BCUT2D eigenvalue weighted by Gasteiger charge is -2.11. The molecule has 74 valence electrons. The fourth-order valence-corrected chi connectivity index (χ4v) is 2.12. The first-order chi connectivity index (χ1) is 6.24. The quantitative estimate of drug-likeness (QED) is 0.796. The van der Waals surface area contributed by atoms with Gasteiger partial charge in [0.2, 0.25) is 0 Å². The van der Waals surface area contributed by atoms with Gasteiger partial charge in [0.15, 0.2) is 0 Å². The Morgan fingerprint density at radius 2 is 2.46 bits per heavy atom. The first-order valence-corrected chi connectivity index (χ1v) is 5.65. The molecule has 0 radical (unpaired) electrons. The zero-order valence-electron chi connectivity index (χ0n) is 7.72. The molecule has 0 aliphatic heterocycles. The van der Waals surface area contributed by atoms with E-state index in [-0.39, 0.29) is 0 Å². The molecule has 0 amide bonds. The van der Waals surface area contributed by atoms with Gasteiger partial charge in [-0.25, -0.2) is 0 Å². The van der Waals surface area contributed by atoms with Crippen LogP contribution in [0.5, 0.6) is 0 Å². The number of hydrogen-bond donors (Lipinski definition) is 2. The molecule has 1 unspecified atom stereocenters. The second kappa shape index (κ2) is 5.60. The van der Waals surface area contributed by atoms with Gasteiger partial charge >= 0.3 is 0 Å². The summed E-state index contributed by atoms with van der Waals surface area (Å²) in [5.41, 5.74) is 5.44. The van der Waals surface area contributed by atoms with Crippen molar-refractivity contribution in [1.29, 1.82) is 0 Å². The molecule has 1 aromatic rings. The van der Waals surface area contributed by atoms with Gasteiger partial charge in [0, 0.05) is 17.5 Å². The lowest BCUT2D eigenvalue weighted by Crippen LogP contribution is -2.27. The molecule has 0 aliphatic rings. The largest absolute Gasteiger partial charge is 0.330 e. The number of nitrogens with one attached hydrogen (secondary N) is 1. The first-order valence-electron chi connectivity index (χ1n) is 4.39. The van der Waals surface area contributed by atoms with E-state index in [4.69, 9.17) is 17.3 Å². The van der Waals surface area contributed by atoms with E-state index < -0.39 is 0 Å². The van der Waals surface area contributed by atoms with Crippen LogP contribution in [-0.4, -0.2) is 12.6 Å². The van der Waals surface area contributed by atoms with Crippen molar-refractivity contribution < 1.29 is 0 Å². The maximum atomic E-state index is 5.95. The minimum atomic E-state index is 0.461. The molecule has 0 bridgehead atoms. The van der Waals surface area contributed by atoms with Gasteiger partial charge < -0.3 is 11.1 Å². The summed E-state index contributed by atoms with van der Waals surface area (Å²) < 4.78 is 0. The summed E-state index contributed by atoms with van der Waals surface area (Å²) in [6.45, 7) is 3.71. The van der Waals surface area contributed by atoms with Gasteiger partial charge in [-0.3, -0.25) is 0 Å². The molecule has 4 heteroatoms. The predicted molar refractivity (Wildman–Crippen MR) is 59.3 cm³/mol. The summed E-state index contributed by atoms with van der Waals surface area (Å²) in [6.07, 6.45) is 1.00. The van der Waals surface area contributed by atoms with Crippen LogP contribution in [0.2, 0.25) is 5.02 Å². The van der Waals surface area contributed by atoms with Crippen LogP contribution in [0.1, 0.15) is 18.2 Å². The fourth-order valence-electron chi connectivity index (χ4n) is 1.07. The van der Waals surface area contributed by atoms with E-state index in [1.807, 2.05) is 11.4 Å². The normalized spacial score (nSPS) is 13.2. The molecule has 1 aromatic heterocycles. The zero-order chi connectivity index (χ0) is 9.68. The Hall–Kier alpha value is -0.0900. The highest BCUT2D eigenvalue weighted by molar-refractivity contribution is 7.10. The Balaban J connectivity index is 2.30. The van der Waals surface area contributed by atoms with Crippen molar-refractivity contribution in [3.63, 3.8) is 0 Å². The lowest BCUT2D eigenvalue weighted by molar-refractivity contribution is 0.522. The minimum Gasteiger partial charge on any atom is -0.330 e. The highest BCUT2D eigenvalue weighted by Gasteiger charge is 2.03. The molecule has 0 saturated carbocycles. The third-order valence-electron chi connectivity index (χ3n) is 1.90. The zero-order valence-corrected chi connectivity index (χ0v) is 9.29. The van der Waals surface area contributed by atoms with E-state index in [0.717, 1.165) is 24.5 Å². The molecule has 1 rings (SSSR count). The molecular weight excluding hydrogens is 204 g/mol. The van der Waals surface area contributed by atoms with Gasteiger partial charge in [0.1, 0.15) is 0 Å². The smallest absolute Gasteiger partial charge is 0.0558 e. The highest BCUT2D eigenvalue weighted by atomic mass is 35.5. The third kappa shape index (κ3) is 3.65. The fraction of sp³-hybridized carbons (Fsp3) is 0.556. The monoisotopic (exact) mass is 218 g/mol. The second-order valence-corrected chi connectivity index (χ2v) is 4.46. The van der Waals surface area contributed by atoms with E-state index in [0.29, 0.717) is 6.04 Å². The molecule has 3 N–H and O–H groups in total. The van der Waals surface area contributed by atoms with E-state index in [1.165, 1.54) is 4.88 Å². The van der Waals surface area contributed by atoms with Crippen LogP contribution in [0.25, 0.3) is 0 Å². The van der Waals surface area contributed by atoms with Crippen LogP contribution < -0.4 is 11.1 Å². The van der Waals surface area contributed by atoms with Gasteiger partial charge in [-0.1, -0.05) is 11.6 Å². The van der Waals surface area contributed by atoms with Crippen LogP contribution in [0.4, 0.5) is 0 Å². The Morgan fingerprint density at radius 3 is 3.00 bits per heavy atom. The summed E-state index contributed by atoms with van der Waals surface area (Å²) in [7, 11) is 0. The van der Waals surface area contributed by atoms with Gasteiger partial charge in [0.05, 0.1) is 5.02 Å². The van der Waals surface area contributed by atoms with Crippen molar-refractivity contribution in [1.82, 2.24) is 5.32 Å². The maximum absolute atomic E-state index is 5.95. The van der Waals surface area contributed by atoms with Crippen LogP contribution in [0.3, 0.4) is 0 Å². The van der Waals surface area contributed by atoms with Crippen molar-refractivity contribution in [2.75, 3.05) is 6.54 Å². The van der Waals surface area contributed by atoms with Crippen molar-refractivity contribution >= 4 is 22.9 Å². The van der Waals surface area contributed by atoms with Crippen LogP contribution in [0, 0.1) is 0 Å². The van der Waals surface area contributed by atoms with Gasteiger partial charge in [-0.05, 0) is 31.3 Å². The second-order valence-electron chi connectivity index (χ2n) is 3.05. The van der Waals surface area contributed by atoms with E-state index in [9.17, 15) is 0 Å². The minimum absolute atomic E-state index is 0.461. The van der Waals surface area contributed by atoms with Crippen LogP contribution in [0.15, 0.2) is 11.4 Å². The average molecular weight is 219 g/mol. The first kappa shape index (κ1) is 11.0. The highest BCUT2D eigenvalue weighted by Crippen LogP contribution is 2.21. The molecule has 1 heterocycles. The molecular formula is C9H15ClN2S. The molecule has 2 nitrogen and oxygen atoms in total. The van der Waals surface area contributed by atoms with Crippen molar-refractivity contribution in [3.05, 3.63) is 21.3 Å². The maximum Gasteiger partial charge on any atom is 0.0558 e. The molecule has 1 atom stereocenters. The molecule has 0 fully saturated rings. The Kier molecular flexibility index (Phi) is 4.73. The lowest BCUT2D eigenvalue weighted by atomic mass is 10.2. The standard InChI is InChI=1S/C9H15ClN2S/c1-7(2-4-11)12-6-9-8(10)3-5-13-9/h3,5,7,12H,2,4,6,11H2,1H3. The van der Waals surface area contributed by atoms with Crippen molar-refractivity contribution in [3.8, 4) is 0 Å². The summed E-state index contributed by atoms with van der Waals surface area (Å²) in [4.78, 5) is 1.20. The summed E-state index contributed by atoms with van der Waals surface area (Å²) >= 11 is 7.63. The van der Waals surface area contributed by atoms with E-state index in [1.54, 1.807) is 11.3 Å². The average Bonchev–Trinajstić information content (AvgIpc) is 2.48. The molecule has 0 aromatic carbocycles. The summed E-state index contributed by atoms with van der Waals surface area (Å²) in [5.74, 6) is 0. The van der Waals surface area contributed by atoms with Crippen LogP contribution in [-0.2, 0) is 6.54 Å². The molecule has 0 spiro atoms. The van der Waals surface area contributed by atoms with E-state index >= 15 is 0 Å². The number of halogens is 1. The SMILES string of the molecule is CC(CCN)NCc1sccc1Cl. The summed E-state index contributed by atoms with van der Waals surface area (Å²) in [5, 5.41) is 6.24. The molecule has 0 saturated heterocycles. The topological polar surface area (TPSA) is 38.0 Å². The Labute approximate surface area is 88.1 Å². The Bertz CT molecular complexity index is 250. The molecule has 13 heavy (non-hydrogen) atoms. The number of nitrogens with two attached hydrogens (primary N) is 1. The van der Waals surface area contributed by atoms with Gasteiger partial charge in [-0.2, -0.15) is 0 Å². The number of hydrogen-bond acceptors (Lipinski definition) is 3. The van der Waals surface area contributed by atoms with Crippen molar-refractivity contribution in [2.24, 2.45) is 5.73 Å². The number of rotatable bonds is 5. The third-order valence-corrected chi connectivity index (χ3v) is 3.29. The molecule has 0 aliphatic carbocycles. The van der Waals surface area contributed by atoms with Gasteiger partial charge in [0.25, 0.3) is 0 Å². The number of thiophene rings is 1.